The van der Waals surface area contributed by atoms with Crippen LogP contribution in [0.3, 0.4) is 0 Å². The van der Waals surface area contributed by atoms with Crippen LogP contribution in [0.25, 0.3) is 0 Å². The van der Waals surface area contributed by atoms with E-state index in [1.54, 1.807) is 45.9 Å². The number of rotatable bonds is 11. The molecule has 3 amide bonds. The van der Waals surface area contributed by atoms with Crippen LogP contribution in [0.4, 0.5) is 4.79 Å². The molecule has 0 bridgehead atoms. The van der Waals surface area contributed by atoms with Gasteiger partial charge in [-0.2, -0.15) is 12.6 Å². The van der Waals surface area contributed by atoms with Gasteiger partial charge in [0.25, 0.3) is 0 Å². The maximum absolute atomic E-state index is 13.8. The van der Waals surface area contributed by atoms with Gasteiger partial charge in [-0.15, -0.1) is 0 Å². The molecule has 0 aliphatic heterocycles. The van der Waals surface area contributed by atoms with Crippen molar-refractivity contribution >= 4 is 30.5 Å². The highest BCUT2D eigenvalue weighted by Gasteiger charge is 2.48. The first kappa shape index (κ1) is 28.8. The highest BCUT2D eigenvalue weighted by molar-refractivity contribution is 7.80. The molecule has 0 radical (unpaired) electrons. The summed E-state index contributed by atoms with van der Waals surface area (Å²) in [7, 11) is 0. The zero-order valence-electron chi connectivity index (χ0n) is 21.8. The van der Waals surface area contributed by atoms with Crippen LogP contribution in [0.15, 0.2) is 18.2 Å². The summed E-state index contributed by atoms with van der Waals surface area (Å²) in [5.74, 6) is -0.599. The number of aryl methyl sites for hydroxylation is 1. The third-order valence-electron chi connectivity index (χ3n) is 6.02. The third kappa shape index (κ3) is 8.05. The number of benzene rings is 1. The van der Waals surface area contributed by atoms with Gasteiger partial charge in [0.1, 0.15) is 23.4 Å². The van der Waals surface area contributed by atoms with Gasteiger partial charge in [-0.1, -0.05) is 44.9 Å². The van der Waals surface area contributed by atoms with Gasteiger partial charge in [0.05, 0.1) is 0 Å². The van der Waals surface area contributed by atoms with Crippen molar-refractivity contribution in [3.8, 4) is 5.75 Å². The SMILES string of the molecule is CCCCCNC(=O)C(c1cccc(C)c1O)N(C(=O)C(CS)NC(=O)OC(C)(C)C)C1CC1C. The molecule has 1 fully saturated rings. The molecule has 35 heavy (non-hydrogen) atoms. The van der Waals surface area contributed by atoms with Crippen LogP contribution in [0.5, 0.6) is 5.75 Å². The highest BCUT2D eigenvalue weighted by Crippen LogP contribution is 2.42. The van der Waals surface area contributed by atoms with Crippen molar-refractivity contribution in [2.24, 2.45) is 5.92 Å². The average molecular weight is 508 g/mol. The van der Waals surface area contributed by atoms with Gasteiger partial charge in [0, 0.05) is 23.9 Å². The summed E-state index contributed by atoms with van der Waals surface area (Å²) in [5.41, 5.74) is 0.244. The fraction of sp³-hybridized carbons (Fsp3) is 0.654. The lowest BCUT2D eigenvalue weighted by atomic mass is 9.99. The third-order valence-corrected chi connectivity index (χ3v) is 6.39. The zero-order chi connectivity index (χ0) is 26.3. The minimum absolute atomic E-state index is 0.0187. The second kappa shape index (κ2) is 12.5. The quantitative estimate of drug-likeness (QED) is 0.266. The monoisotopic (exact) mass is 507 g/mol. The highest BCUT2D eigenvalue weighted by atomic mass is 32.1. The zero-order valence-corrected chi connectivity index (χ0v) is 22.7. The molecule has 1 saturated carbocycles. The van der Waals surface area contributed by atoms with E-state index in [0.29, 0.717) is 17.7 Å². The number of phenolic OH excluding ortho intramolecular Hbond substituents is 1. The van der Waals surface area contributed by atoms with Crippen LogP contribution >= 0.6 is 12.6 Å². The summed E-state index contributed by atoms with van der Waals surface area (Å²) < 4.78 is 5.33. The van der Waals surface area contributed by atoms with Crippen LogP contribution in [-0.2, 0) is 14.3 Å². The topological polar surface area (TPSA) is 108 Å². The van der Waals surface area contributed by atoms with Crippen LogP contribution in [0, 0.1) is 12.8 Å². The number of unbranched alkanes of at least 4 members (excludes halogenated alkanes) is 2. The molecule has 1 aliphatic rings. The van der Waals surface area contributed by atoms with E-state index in [9.17, 15) is 19.5 Å². The number of aromatic hydroxyl groups is 1. The van der Waals surface area contributed by atoms with Gasteiger partial charge in [0.15, 0.2) is 0 Å². The van der Waals surface area contributed by atoms with Crippen molar-refractivity contribution in [1.82, 2.24) is 15.5 Å². The Morgan fingerprint density at radius 3 is 2.46 bits per heavy atom. The van der Waals surface area contributed by atoms with E-state index in [2.05, 4.69) is 30.2 Å². The van der Waals surface area contributed by atoms with Crippen LogP contribution < -0.4 is 10.6 Å². The molecule has 1 aliphatic carbocycles. The summed E-state index contributed by atoms with van der Waals surface area (Å²) >= 11 is 4.30. The largest absolute Gasteiger partial charge is 0.507 e. The Kier molecular flexibility index (Phi) is 10.3. The Bertz CT molecular complexity index is 901. The maximum Gasteiger partial charge on any atom is 0.408 e. The van der Waals surface area contributed by atoms with E-state index < -0.39 is 29.7 Å². The molecule has 4 unspecified atom stereocenters. The first-order valence-electron chi connectivity index (χ1n) is 12.4. The molecule has 9 heteroatoms. The first-order chi connectivity index (χ1) is 16.4. The summed E-state index contributed by atoms with van der Waals surface area (Å²) in [5, 5.41) is 16.4. The molecule has 3 N–H and O–H groups in total. The van der Waals surface area contributed by atoms with Crippen molar-refractivity contribution in [2.45, 2.75) is 91.0 Å². The van der Waals surface area contributed by atoms with E-state index >= 15 is 0 Å². The Hall–Kier alpha value is -2.42. The number of amides is 3. The van der Waals surface area contributed by atoms with Crippen molar-refractivity contribution in [2.75, 3.05) is 12.3 Å². The van der Waals surface area contributed by atoms with Crippen LogP contribution in [-0.4, -0.2) is 57.9 Å². The minimum atomic E-state index is -1.04. The van der Waals surface area contributed by atoms with Crippen molar-refractivity contribution in [1.29, 1.82) is 0 Å². The standard InChI is InChI=1S/C26H41N3O5S/c1-7-8-9-13-27-23(31)21(18-12-10-11-16(2)22(18)30)29(20-14-17(20)3)24(32)19(15-35)28-25(33)34-26(4,5)6/h10-12,17,19-21,30,35H,7-9,13-15H2,1-6H3,(H,27,31)(H,28,33). The lowest BCUT2D eigenvalue weighted by Gasteiger charge is -2.35. The molecule has 0 heterocycles. The number of carbonyl (C=O) groups is 3. The molecule has 1 aromatic rings. The lowest BCUT2D eigenvalue weighted by molar-refractivity contribution is -0.143. The van der Waals surface area contributed by atoms with Gasteiger partial charge in [-0.05, 0) is 52.0 Å². The number of hydrogen-bond acceptors (Lipinski definition) is 6. The van der Waals surface area contributed by atoms with E-state index in [0.717, 1.165) is 25.7 Å². The number of thiol groups is 1. The van der Waals surface area contributed by atoms with E-state index in [1.807, 2.05) is 6.92 Å². The first-order valence-corrected chi connectivity index (χ1v) is 13.0. The fourth-order valence-corrected chi connectivity index (χ4v) is 4.24. The summed E-state index contributed by atoms with van der Waals surface area (Å²) in [4.78, 5) is 41.3. The van der Waals surface area contributed by atoms with Gasteiger partial charge in [-0.25, -0.2) is 4.79 Å². The summed E-state index contributed by atoms with van der Waals surface area (Å²) in [6.45, 7) is 11.5. The number of phenols is 1. The second-order valence-electron chi connectivity index (χ2n) is 10.3. The van der Waals surface area contributed by atoms with E-state index in [4.69, 9.17) is 4.74 Å². The fourth-order valence-electron chi connectivity index (χ4n) is 3.99. The lowest BCUT2D eigenvalue weighted by Crippen LogP contribution is -2.54. The number of carbonyl (C=O) groups excluding carboxylic acids is 3. The van der Waals surface area contributed by atoms with E-state index in [-0.39, 0.29) is 29.4 Å². The Morgan fingerprint density at radius 1 is 1.26 bits per heavy atom. The summed E-state index contributed by atoms with van der Waals surface area (Å²) in [6, 6.07) is 2.95. The molecule has 2 rings (SSSR count). The Labute approximate surface area is 214 Å². The number of nitrogens with one attached hydrogen (secondary N) is 2. The smallest absolute Gasteiger partial charge is 0.408 e. The summed E-state index contributed by atoms with van der Waals surface area (Å²) in [6.07, 6.45) is 2.81. The number of nitrogens with zero attached hydrogens (tertiary/aromatic N) is 1. The van der Waals surface area contributed by atoms with E-state index in [1.165, 1.54) is 4.90 Å². The van der Waals surface area contributed by atoms with Crippen molar-refractivity contribution in [3.63, 3.8) is 0 Å². The van der Waals surface area contributed by atoms with Gasteiger partial charge >= 0.3 is 6.09 Å². The Morgan fingerprint density at radius 2 is 1.91 bits per heavy atom. The maximum atomic E-state index is 13.8. The number of alkyl carbamates (subject to hydrolysis) is 1. The second-order valence-corrected chi connectivity index (χ2v) is 10.7. The number of ether oxygens (including phenoxy) is 1. The minimum Gasteiger partial charge on any atom is -0.507 e. The molecule has 0 saturated heterocycles. The molecule has 0 spiro atoms. The van der Waals surface area contributed by atoms with Gasteiger partial charge in [-0.3, -0.25) is 9.59 Å². The Balaban J connectivity index is 2.42. The normalized spacial score (nSPS) is 18.8. The molecular formula is C26H41N3O5S. The predicted octanol–water partition coefficient (Wildman–Crippen LogP) is 4.11. The number of para-hydroxylation sites is 1. The molecule has 196 valence electrons. The van der Waals surface area contributed by atoms with Crippen molar-refractivity contribution in [3.05, 3.63) is 29.3 Å². The molecule has 8 nitrogen and oxygen atoms in total. The molecule has 0 aromatic heterocycles. The van der Waals surface area contributed by atoms with Gasteiger partial charge < -0.3 is 25.4 Å². The van der Waals surface area contributed by atoms with Crippen LogP contribution in [0.2, 0.25) is 0 Å². The van der Waals surface area contributed by atoms with Crippen LogP contribution in [0.1, 0.15) is 77.5 Å². The van der Waals surface area contributed by atoms with Crippen molar-refractivity contribution < 1.29 is 24.2 Å². The molecular weight excluding hydrogens is 466 g/mol. The number of hydrogen-bond donors (Lipinski definition) is 4. The average Bonchev–Trinajstić information content (AvgIpc) is 3.49. The van der Waals surface area contributed by atoms with Gasteiger partial charge in [0.2, 0.25) is 11.8 Å². The predicted molar refractivity (Wildman–Crippen MR) is 140 cm³/mol. The molecule has 1 aromatic carbocycles. The molecule has 4 atom stereocenters.